The number of para-hydroxylation sites is 2. The zero-order valence-electron chi connectivity index (χ0n) is 38.8. The SMILES string of the molecule is [2H]c1c([2H])c(N(c2ccc(-c3cccc4c3oc3ccccc34)cc2)c2cccc3oc4c5ccccc5ccc4c23)c([2H])c([2H])c1-c1c([2H])c([2H])c2c([2H])c([2H])c([2H])c([2H])c2c1[2H]. The summed E-state index contributed by atoms with van der Waals surface area (Å²) in [7, 11) is 0. The summed E-state index contributed by atoms with van der Waals surface area (Å²) in [5.74, 6) is 0. The first-order valence-electron chi connectivity index (χ1n) is 22.6. The summed E-state index contributed by atoms with van der Waals surface area (Å²) in [5, 5.41) is 4.54. The van der Waals surface area contributed by atoms with E-state index < -0.39 is 77.6 Å². The Kier molecular flexibility index (Phi) is 4.57. The van der Waals surface area contributed by atoms with Gasteiger partial charge in [0.2, 0.25) is 0 Å². The Bertz CT molecular complexity index is 3790. The highest BCUT2D eigenvalue weighted by atomic mass is 16.3. The van der Waals surface area contributed by atoms with Crippen LogP contribution in [0.1, 0.15) is 15.1 Å². The molecule has 0 aliphatic rings. The van der Waals surface area contributed by atoms with E-state index in [2.05, 4.69) is 0 Å². The number of rotatable bonds is 5. The Morgan fingerprint density at radius 3 is 2.02 bits per heavy atom. The van der Waals surface area contributed by atoms with Crippen molar-refractivity contribution in [1.82, 2.24) is 0 Å². The maximum atomic E-state index is 9.65. The standard InChI is InChI=1S/C50H31NO2/c1-2-11-36-31-37(20-19-32(36)9-1)33-21-26-38(27-22-33)51(45-16-8-18-47-48(45)44-30-25-34-10-3-4-12-40(34)50(44)53-47)39-28-23-35(24-29-39)41-14-7-15-43-42-13-5-6-17-46(42)52-49(41)43/h1-31H/i1D,2D,9D,11D,19D,20D,21D,22D,26D,27D,31D. The van der Waals surface area contributed by atoms with E-state index in [1.807, 2.05) is 115 Å². The molecule has 3 heteroatoms. The Morgan fingerprint density at radius 2 is 1.13 bits per heavy atom. The Hall–Kier alpha value is -7.10. The van der Waals surface area contributed by atoms with E-state index in [1.54, 1.807) is 11.0 Å². The van der Waals surface area contributed by atoms with Crippen molar-refractivity contribution in [3.63, 3.8) is 0 Å². The third kappa shape index (κ3) is 4.75. The lowest BCUT2D eigenvalue weighted by atomic mass is 10.00. The fraction of sp³-hybridized carbons (Fsp3) is 0. The van der Waals surface area contributed by atoms with Crippen LogP contribution >= 0.6 is 0 Å². The molecule has 0 radical (unpaired) electrons. The number of nitrogens with zero attached hydrogens (tertiary/aromatic N) is 1. The van der Waals surface area contributed by atoms with Gasteiger partial charge in [-0.3, -0.25) is 0 Å². The lowest BCUT2D eigenvalue weighted by Gasteiger charge is -2.26. The molecule has 0 atom stereocenters. The van der Waals surface area contributed by atoms with Crippen LogP contribution in [0.2, 0.25) is 0 Å². The molecule has 3 nitrogen and oxygen atoms in total. The predicted octanol–water partition coefficient (Wildman–Crippen LogP) is 14.6. The molecule has 0 N–H and O–H groups in total. The Morgan fingerprint density at radius 1 is 0.415 bits per heavy atom. The summed E-state index contributed by atoms with van der Waals surface area (Å²) in [6, 6.07) is 31.9. The zero-order chi connectivity index (χ0) is 44.5. The lowest BCUT2D eigenvalue weighted by molar-refractivity contribution is 0.670. The molecule has 9 aromatic carbocycles. The molecular weight excluding hydrogens is 647 g/mol. The minimum Gasteiger partial charge on any atom is -0.455 e. The van der Waals surface area contributed by atoms with Gasteiger partial charge in [0, 0.05) is 38.5 Å². The summed E-state index contributed by atoms with van der Waals surface area (Å²) in [6.45, 7) is 0. The number of benzene rings is 9. The van der Waals surface area contributed by atoms with Crippen LogP contribution in [0.15, 0.2) is 197 Å². The van der Waals surface area contributed by atoms with E-state index in [0.29, 0.717) is 33.5 Å². The molecule has 0 saturated carbocycles. The summed E-state index contributed by atoms with van der Waals surface area (Å²) in [6.07, 6.45) is 0. The molecule has 53 heavy (non-hydrogen) atoms. The van der Waals surface area contributed by atoms with Crippen molar-refractivity contribution < 1.29 is 23.9 Å². The quantitative estimate of drug-likeness (QED) is 0.180. The van der Waals surface area contributed by atoms with Crippen LogP contribution in [-0.4, -0.2) is 0 Å². The average Bonchev–Trinajstić information content (AvgIpc) is 3.90. The minimum atomic E-state index is -0.662. The average molecular weight is 689 g/mol. The highest BCUT2D eigenvalue weighted by Crippen LogP contribution is 2.45. The van der Waals surface area contributed by atoms with E-state index in [4.69, 9.17) is 17.1 Å². The molecule has 248 valence electrons. The Balaban J connectivity index is 1.17. The van der Waals surface area contributed by atoms with Gasteiger partial charge in [-0.25, -0.2) is 0 Å². The second-order valence-electron chi connectivity index (χ2n) is 12.8. The van der Waals surface area contributed by atoms with Gasteiger partial charge in [-0.15, -0.1) is 0 Å². The fourth-order valence-electron chi connectivity index (χ4n) is 7.32. The third-order valence-corrected chi connectivity index (χ3v) is 9.78. The monoisotopic (exact) mass is 688 g/mol. The van der Waals surface area contributed by atoms with E-state index in [1.165, 1.54) is 0 Å². The van der Waals surface area contributed by atoms with Crippen molar-refractivity contribution in [3.05, 3.63) is 188 Å². The van der Waals surface area contributed by atoms with E-state index in [9.17, 15) is 6.85 Å². The molecule has 0 spiro atoms. The van der Waals surface area contributed by atoms with Crippen molar-refractivity contribution >= 4 is 82.5 Å². The third-order valence-electron chi connectivity index (χ3n) is 9.78. The van der Waals surface area contributed by atoms with Crippen LogP contribution in [0, 0.1) is 0 Å². The highest BCUT2D eigenvalue weighted by molar-refractivity contribution is 6.19. The van der Waals surface area contributed by atoms with Gasteiger partial charge >= 0.3 is 0 Å². The van der Waals surface area contributed by atoms with Gasteiger partial charge in [0.25, 0.3) is 0 Å². The topological polar surface area (TPSA) is 29.5 Å². The van der Waals surface area contributed by atoms with Crippen molar-refractivity contribution in [2.24, 2.45) is 0 Å². The van der Waals surface area contributed by atoms with Crippen LogP contribution in [0.5, 0.6) is 0 Å². The molecule has 2 heterocycles. The fourth-order valence-corrected chi connectivity index (χ4v) is 7.32. The summed E-state index contributed by atoms with van der Waals surface area (Å²) >= 11 is 0. The van der Waals surface area contributed by atoms with Crippen molar-refractivity contribution in [3.8, 4) is 22.3 Å². The molecule has 11 rings (SSSR count). The number of furan rings is 2. The van der Waals surface area contributed by atoms with Crippen LogP contribution in [0.3, 0.4) is 0 Å². The maximum absolute atomic E-state index is 9.65. The number of anilines is 3. The van der Waals surface area contributed by atoms with Gasteiger partial charge in [-0.1, -0.05) is 133 Å². The maximum Gasteiger partial charge on any atom is 0.143 e. The number of hydrogen-bond donors (Lipinski definition) is 0. The smallest absolute Gasteiger partial charge is 0.143 e. The van der Waals surface area contributed by atoms with E-state index in [0.717, 1.165) is 43.6 Å². The van der Waals surface area contributed by atoms with Crippen LogP contribution < -0.4 is 4.90 Å². The molecule has 0 fully saturated rings. The van der Waals surface area contributed by atoms with Gasteiger partial charge in [0.1, 0.15) is 22.3 Å². The second kappa shape index (κ2) is 11.7. The van der Waals surface area contributed by atoms with E-state index >= 15 is 0 Å². The summed E-state index contributed by atoms with van der Waals surface area (Å²) in [4.78, 5) is 1.65. The van der Waals surface area contributed by atoms with Gasteiger partial charge in [-0.05, 0) is 87.4 Å². The van der Waals surface area contributed by atoms with Gasteiger partial charge in [-0.2, -0.15) is 0 Å². The molecule has 0 saturated heterocycles. The normalized spacial score (nSPS) is 14.7. The first-order valence-corrected chi connectivity index (χ1v) is 17.1. The predicted molar refractivity (Wildman–Crippen MR) is 222 cm³/mol. The van der Waals surface area contributed by atoms with Gasteiger partial charge < -0.3 is 13.7 Å². The number of hydrogen-bond acceptors (Lipinski definition) is 3. The first-order chi connectivity index (χ1) is 30.9. The lowest BCUT2D eigenvalue weighted by Crippen LogP contribution is -2.10. The van der Waals surface area contributed by atoms with Gasteiger partial charge in [0.05, 0.1) is 26.2 Å². The van der Waals surface area contributed by atoms with Crippen LogP contribution in [0.25, 0.3) is 87.7 Å². The summed E-state index contributed by atoms with van der Waals surface area (Å²) < 4.78 is 112. The van der Waals surface area contributed by atoms with Crippen LogP contribution in [-0.2, 0) is 0 Å². The Labute approximate surface area is 321 Å². The summed E-state index contributed by atoms with van der Waals surface area (Å²) in [5.41, 5.74) is 4.25. The van der Waals surface area contributed by atoms with Crippen molar-refractivity contribution in [2.75, 3.05) is 4.90 Å². The molecule has 0 unspecified atom stereocenters. The molecule has 0 amide bonds. The van der Waals surface area contributed by atoms with Crippen molar-refractivity contribution in [2.45, 2.75) is 0 Å². The first kappa shape index (κ1) is 20.7. The molecular formula is C50H31NO2. The molecule has 0 aliphatic heterocycles. The van der Waals surface area contributed by atoms with Crippen molar-refractivity contribution in [1.29, 1.82) is 0 Å². The highest BCUT2D eigenvalue weighted by Gasteiger charge is 2.21. The molecule has 0 bridgehead atoms. The largest absolute Gasteiger partial charge is 0.455 e. The van der Waals surface area contributed by atoms with Crippen LogP contribution in [0.4, 0.5) is 17.1 Å². The zero-order valence-corrected chi connectivity index (χ0v) is 27.8. The minimum absolute atomic E-state index is 0.139. The molecule has 0 aliphatic carbocycles. The molecule has 2 aromatic heterocycles. The van der Waals surface area contributed by atoms with Gasteiger partial charge in [0.15, 0.2) is 0 Å². The second-order valence-corrected chi connectivity index (χ2v) is 12.8. The number of fused-ring (bicyclic) bond motifs is 9. The molecule has 11 aromatic rings. The van der Waals surface area contributed by atoms with E-state index in [-0.39, 0.29) is 16.5 Å².